The van der Waals surface area contributed by atoms with E-state index in [2.05, 4.69) is 61.8 Å². The van der Waals surface area contributed by atoms with Crippen LogP contribution in [0.1, 0.15) is 60.7 Å². The molecule has 4 nitrogen and oxygen atoms in total. The number of aryl methyl sites for hydroxylation is 4. The Morgan fingerprint density at radius 3 is 2.10 bits per heavy atom. The molecule has 0 radical (unpaired) electrons. The molecule has 0 saturated carbocycles. The molecule has 0 aliphatic rings. The van der Waals surface area contributed by atoms with E-state index in [0.717, 1.165) is 17.0 Å². The topological polar surface area (TPSA) is 57.1 Å². The number of rotatable bonds is 7. The molecule has 1 aromatic heterocycles. The lowest BCUT2D eigenvalue weighted by Crippen LogP contribution is -2.25. The lowest BCUT2D eigenvalue weighted by molar-refractivity contribution is -0.255. The second-order valence-electron chi connectivity index (χ2n) is 8.31. The average Bonchev–Trinajstić information content (AvgIpc) is 2.90. The molecule has 2 aromatic carbocycles. The molecule has 0 amide bonds. The van der Waals surface area contributed by atoms with Crippen LogP contribution in [0.3, 0.4) is 0 Å². The highest BCUT2D eigenvalue weighted by Crippen LogP contribution is 2.26. The van der Waals surface area contributed by atoms with Crippen molar-refractivity contribution in [3.63, 3.8) is 0 Å². The number of aromatic carboxylic acids is 1. The summed E-state index contributed by atoms with van der Waals surface area (Å²) in [6.45, 7) is 14.1. The van der Waals surface area contributed by atoms with Gasteiger partial charge in [0.25, 0.3) is 0 Å². The zero-order valence-corrected chi connectivity index (χ0v) is 18.8. The van der Waals surface area contributed by atoms with Crippen LogP contribution in [0.25, 0.3) is 0 Å². The Bertz CT molecular complexity index is 1070. The van der Waals surface area contributed by atoms with E-state index >= 15 is 0 Å². The second-order valence-corrected chi connectivity index (χ2v) is 8.31. The summed E-state index contributed by atoms with van der Waals surface area (Å²) in [5.74, 6) is -1.11. The molecule has 0 unspecified atom stereocenters. The number of aromatic nitrogens is 1. The standard InChI is InChI=1S/C26H32N2O2/c1-16-11-18(3)24(19(4)12-16)15-28-20(5)23(25(21(28)6)26(29)30)14-27-13-22-10-8-7-9-17(22)2/h7-12,27H,13-15H2,1-6H3,(H,29,30)/p-1. The predicted octanol–water partition coefficient (Wildman–Crippen LogP) is 4.04. The first kappa shape index (κ1) is 21.8. The van der Waals surface area contributed by atoms with Crippen LogP contribution in [-0.4, -0.2) is 10.5 Å². The lowest BCUT2D eigenvalue weighted by atomic mass is 9.99. The normalized spacial score (nSPS) is 11.1. The summed E-state index contributed by atoms with van der Waals surface area (Å²) < 4.78 is 2.11. The molecule has 158 valence electrons. The molecule has 1 N–H and O–H groups in total. The zero-order valence-electron chi connectivity index (χ0n) is 18.8. The van der Waals surface area contributed by atoms with Crippen molar-refractivity contribution < 1.29 is 9.90 Å². The molecule has 0 aliphatic heterocycles. The summed E-state index contributed by atoms with van der Waals surface area (Å²) in [6.07, 6.45) is 0. The highest BCUT2D eigenvalue weighted by molar-refractivity contribution is 5.89. The molecular formula is C26H31N2O2-. The molecule has 3 rings (SSSR count). The fourth-order valence-corrected chi connectivity index (χ4v) is 4.42. The van der Waals surface area contributed by atoms with Crippen molar-refractivity contribution in [2.75, 3.05) is 0 Å². The van der Waals surface area contributed by atoms with Gasteiger partial charge >= 0.3 is 0 Å². The van der Waals surface area contributed by atoms with Gasteiger partial charge in [-0.1, -0.05) is 42.0 Å². The van der Waals surface area contributed by atoms with Gasteiger partial charge in [0.1, 0.15) is 0 Å². The maximum atomic E-state index is 12.0. The van der Waals surface area contributed by atoms with Gasteiger partial charge in [0.05, 0.1) is 5.97 Å². The number of hydrogen-bond acceptors (Lipinski definition) is 3. The maximum absolute atomic E-state index is 12.0. The van der Waals surface area contributed by atoms with E-state index < -0.39 is 5.97 Å². The van der Waals surface area contributed by atoms with E-state index in [4.69, 9.17) is 0 Å². The number of carboxylic acid groups (broad SMARTS) is 1. The maximum Gasteiger partial charge on any atom is 0.0736 e. The van der Waals surface area contributed by atoms with Crippen LogP contribution in [-0.2, 0) is 19.6 Å². The fourth-order valence-electron chi connectivity index (χ4n) is 4.42. The minimum Gasteiger partial charge on any atom is -0.545 e. The van der Waals surface area contributed by atoms with Gasteiger partial charge in [0, 0.05) is 36.6 Å². The summed E-state index contributed by atoms with van der Waals surface area (Å²) >= 11 is 0. The van der Waals surface area contributed by atoms with Crippen molar-refractivity contribution in [3.8, 4) is 0 Å². The Morgan fingerprint density at radius 1 is 0.867 bits per heavy atom. The first-order chi connectivity index (χ1) is 14.2. The quantitative estimate of drug-likeness (QED) is 0.648. The van der Waals surface area contributed by atoms with Gasteiger partial charge in [-0.2, -0.15) is 0 Å². The molecular weight excluding hydrogens is 372 g/mol. The van der Waals surface area contributed by atoms with Gasteiger partial charge < -0.3 is 19.8 Å². The van der Waals surface area contributed by atoms with E-state index in [1.165, 1.54) is 33.4 Å². The van der Waals surface area contributed by atoms with Crippen LogP contribution < -0.4 is 10.4 Å². The number of carbonyl (C=O) groups excluding carboxylic acids is 1. The third-order valence-corrected chi connectivity index (χ3v) is 6.15. The van der Waals surface area contributed by atoms with Crippen molar-refractivity contribution >= 4 is 5.97 Å². The summed E-state index contributed by atoms with van der Waals surface area (Å²) in [4.78, 5) is 12.0. The summed E-state index contributed by atoms with van der Waals surface area (Å²) in [5.41, 5.74) is 10.2. The fraction of sp³-hybridized carbons (Fsp3) is 0.346. The number of nitrogens with one attached hydrogen (secondary N) is 1. The number of carboxylic acids is 1. The molecule has 0 atom stereocenters. The third-order valence-electron chi connectivity index (χ3n) is 6.15. The highest BCUT2D eigenvalue weighted by Gasteiger charge is 2.19. The monoisotopic (exact) mass is 403 g/mol. The SMILES string of the molecule is Cc1cc(C)c(Cn2c(C)c(CNCc3ccccc3C)c(C(=O)[O-])c2C)c(C)c1. The number of carbonyl (C=O) groups is 1. The molecule has 1 heterocycles. The Hall–Kier alpha value is -2.85. The summed E-state index contributed by atoms with van der Waals surface area (Å²) in [5, 5.41) is 15.4. The van der Waals surface area contributed by atoms with Gasteiger partial charge in [-0.05, 0) is 74.9 Å². The van der Waals surface area contributed by atoms with Crippen LogP contribution >= 0.6 is 0 Å². The Labute approximate surface area is 179 Å². The van der Waals surface area contributed by atoms with Crippen molar-refractivity contribution in [1.82, 2.24) is 9.88 Å². The molecule has 0 fully saturated rings. The van der Waals surface area contributed by atoms with E-state index in [-0.39, 0.29) is 0 Å². The first-order valence-electron chi connectivity index (χ1n) is 10.4. The molecule has 0 bridgehead atoms. The van der Waals surface area contributed by atoms with Gasteiger partial charge in [0.15, 0.2) is 0 Å². The van der Waals surface area contributed by atoms with Crippen molar-refractivity contribution in [1.29, 1.82) is 0 Å². The van der Waals surface area contributed by atoms with Crippen molar-refractivity contribution in [3.05, 3.63) is 92.3 Å². The van der Waals surface area contributed by atoms with Gasteiger partial charge in [-0.3, -0.25) is 0 Å². The Kier molecular flexibility index (Phi) is 6.47. The van der Waals surface area contributed by atoms with E-state index in [9.17, 15) is 9.90 Å². The molecule has 4 heteroatoms. The predicted molar refractivity (Wildman–Crippen MR) is 120 cm³/mol. The van der Waals surface area contributed by atoms with Gasteiger partial charge in [0.2, 0.25) is 0 Å². The summed E-state index contributed by atoms with van der Waals surface area (Å²) in [6, 6.07) is 12.6. The lowest BCUT2D eigenvalue weighted by Gasteiger charge is -2.16. The minimum absolute atomic E-state index is 0.312. The largest absolute Gasteiger partial charge is 0.545 e. The van der Waals surface area contributed by atoms with E-state index in [1.807, 2.05) is 26.0 Å². The van der Waals surface area contributed by atoms with Crippen LogP contribution in [0.2, 0.25) is 0 Å². The number of nitrogens with zero attached hydrogens (tertiary/aromatic N) is 1. The van der Waals surface area contributed by atoms with Crippen LogP contribution in [0.5, 0.6) is 0 Å². The Morgan fingerprint density at radius 2 is 1.50 bits per heavy atom. The summed E-state index contributed by atoms with van der Waals surface area (Å²) in [7, 11) is 0. The van der Waals surface area contributed by atoms with Crippen LogP contribution in [0.4, 0.5) is 0 Å². The second kappa shape index (κ2) is 8.88. The minimum atomic E-state index is -1.11. The smallest absolute Gasteiger partial charge is 0.0736 e. The van der Waals surface area contributed by atoms with E-state index in [0.29, 0.717) is 25.2 Å². The van der Waals surface area contributed by atoms with E-state index in [1.54, 1.807) is 0 Å². The number of benzene rings is 2. The Balaban J connectivity index is 1.91. The van der Waals surface area contributed by atoms with Crippen LogP contribution in [0, 0.1) is 41.5 Å². The first-order valence-corrected chi connectivity index (χ1v) is 10.4. The van der Waals surface area contributed by atoms with Crippen molar-refractivity contribution in [2.24, 2.45) is 0 Å². The van der Waals surface area contributed by atoms with Crippen LogP contribution in [0.15, 0.2) is 36.4 Å². The third kappa shape index (κ3) is 4.34. The van der Waals surface area contributed by atoms with Gasteiger partial charge in [-0.15, -0.1) is 0 Å². The molecule has 3 aromatic rings. The molecule has 30 heavy (non-hydrogen) atoms. The molecule has 0 saturated heterocycles. The number of hydrogen-bond donors (Lipinski definition) is 1. The zero-order chi connectivity index (χ0) is 22.0. The highest BCUT2D eigenvalue weighted by atomic mass is 16.4. The molecule has 0 aliphatic carbocycles. The molecule has 0 spiro atoms. The van der Waals surface area contributed by atoms with Gasteiger partial charge in [-0.25, -0.2) is 0 Å². The van der Waals surface area contributed by atoms with Crippen molar-refractivity contribution in [2.45, 2.75) is 61.2 Å². The average molecular weight is 404 g/mol.